The van der Waals surface area contributed by atoms with E-state index >= 15 is 0 Å². The second-order valence-electron chi connectivity index (χ2n) is 6.96. The molecule has 0 N–H and O–H groups in total. The third-order valence-corrected chi connectivity index (χ3v) is 6.23. The molecule has 1 aromatic heterocycles. The Morgan fingerprint density at radius 3 is 2.20 bits per heavy atom. The molecule has 1 aromatic carbocycles. The fraction of sp³-hybridized carbons (Fsp3) is 0.471. The van der Waals surface area contributed by atoms with Gasteiger partial charge in [-0.1, -0.05) is 32.9 Å². The molecule has 2 aliphatic rings. The van der Waals surface area contributed by atoms with Crippen LogP contribution in [-0.4, -0.2) is 16.3 Å². The first-order valence-corrected chi connectivity index (χ1v) is 7.20. The quantitative estimate of drug-likeness (QED) is 0.745. The number of carbonyl (C=O) groups is 1. The molecule has 2 atom stereocenters. The number of hydrogen-bond acceptors (Lipinski definition) is 3. The lowest BCUT2D eigenvalue weighted by Crippen LogP contribution is -2.41. The van der Waals surface area contributed by atoms with Crippen molar-refractivity contribution in [2.45, 2.75) is 44.4 Å². The lowest BCUT2D eigenvalue weighted by Gasteiger charge is -2.37. The second-order valence-corrected chi connectivity index (χ2v) is 6.96. The van der Waals surface area contributed by atoms with Gasteiger partial charge in [0.15, 0.2) is 0 Å². The van der Waals surface area contributed by atoms with E-state index in [0.29, 0.717) is 0 Å². The highest BCUT2D eigenvalue weighted by Gasteiger charge is 2.70. The van der Waals surface area contributed by atoms with E-state index in [9.17, 15) is 4.79 Å². The zero-order valence-electron chi connectivity index (χ0n) is 12.1. The average Bonchev–Trinajstić information content (AvgIpc) is 2.74. The molecule has 1 fully saturated rings. The highest BCUT2D eigenvalue weighted by atomic mass is 16.1. The summed E-state index contributed by atoms with van der Waals surface area (Å²) in [6.45, 7) is 6.64. The van der Waals surface area contributed by atoms with Gasteiger partial charge in [0.1, 0.15) is 6.29 Å². The maximum atomic E-state index is 12.0. The highest BCUT2D eigenvalue weighted by Crippen LogP contribution is 2.69. The molecule has 1 saturated carbocycles. The van der Waals surface area contributed by atoms with Crippen LogP contribution >= 0.6 is 0 Å². The van der Waals surface area contributed by atoms with Crippen molar-refractivity contribution >= 4 is 17.3 Å². The van der Waals surface area contributed by atoms with Gasteiger partial charge in [0.05, 0.1) is 27.8 Å². The van der Waals surface area contributed by atoms with Gasteiger partial charge < -0.3 is 4.79 Å². The van der Waals surface area contributed by atoms with E-state index in [1.54, 1.807) is 0 Å². The number of carbonyl (C=O) groups excluding carboxylic acids is 1. The third kappa shape index (κ3) is 1.00. The normalized spacial score (nSPS) is 33.4. The van der Waals surface area contributed by atoms with Crippen molar-refractivity contribution in [1.82, 2.24) is 9.97 Å². The van der Waals surface area contributed by atoms with E-state index in [1.165, 1.54) is 0 Å². The molecule has 2 bridgehead atoms. The summed E-state index contributed by atoms with van der Waals surface area (Å²) in [4.78, 5) is 21.7. The van der Waals surface area contributed by atoms with Gasteiger partial charge in [0.25, 0.3) is 0 Å². The maximum absolute atomic E-state index is 12.0. The van der Waals surface area contributed by atoms with Crippen LogP contribution in [-0.2, 0) is 15.6 Å². The van der Waals surface area contributed by atoms with Gasteiger partial charge in [-0.05, 0) is 30.4 Å². The highest BCUT2D eigenvalue weighted by molar-refractivity contribution is 5.80. The number of aldehydes is 1. The van der Waals surface area contributed by atoms with E-state index in [4.69, 9.17) is 9.97 Å². The third-order valence-electron chi connectivity index (χ3n) is 6.23. The van der Waals surface area contributed by atoms with Crippen LogP contribution in [0.15, 0.2) is 24.3 Å². The molecule has 0 unspecified atom stereocenters. The van der Waals surface area contributed by atoms with E-state index in [-0.39, 0.29) is 10.8 Å². The first kappa shape index (κ1) is 12.0. The Morgan fingerprint density at radius 1 is 1.00 bits per heavy atom. The molecule has 3 nitrogen and oxygen atoms in total. The minimum atomic E-state index is -0.464. The van der Waals surface area contributed by atoms with Gasteiger partial charge >= 0.3 is 0 Å². The Bertz CT molecular complexity index is 752. The summed E-state index contributed by atoms with van der Waals surface area (Å²) < 4.78 is 0. The zero-order chi connectivity index (χ0) is 14.2. The lowest BCUT2D eigenvalue weighted by atomic mass is 9.64. The summed E-state index contributed by atoms with van der Waals surface area (Å²) in [5, 5.41) is 0. The molecule has 0 aliphatic heterocycles. The summed E-state index contributed by atoms with van der Waals surface area (Å²) in [5.74, 6) is 0. The number of fused-ring (bicyclic) bond motifs is 6. The zero-order valence-corrected chi connectivity index (χ0v) is 12.1. The SMILES string of the molecule is CC1(C)[C@@]2(C)CC[C@@]1(C=O)c1nc3ccccc3nc12. The number of para-hydroxylation sites is 2. The molecular weight excluding hydrogens is 248 g/mol. The Morgan fingerprint density at radius 2 is 1.60 bits per heavy atom. The molecule has 2 aliphatic carbocycles. The van der Waals surface area contributed by atoms with Crippen molar-refractivity contribution in [2.24, 2.45) is 5.41 Å². The summed E-state index contributed by atoms with van der Waals surface area (Å²) in [6.07, 6.45) is 3.03. The number of rotatable bonds is 1. The molecule has 3 heteroatoms. The molecule has 20 heavy (non-hydrogen) atoms. The number of hydrogen-bond donors (Lipinski definition) is 0. The van der Waals surface area contributed by atoms with E-state index < -0.39 is 5.41 Å². The molecular formula is C17H18N2O. The Balaban J connectivity index is 2.15. The van der Waals surface area contributed by atoms with Crippen LogP contribution < -0.4 is 0 Å². The fourth-order valence-corrected chi connectivity index (χ4v) is 4.35. The maximum Gasteiger partial charge on any atom is 0.132 e. The predicted molar refractivity (Wildman–Crippen MR) is 77.6 cm³/mol. The topological polar surface area (TPSA) is 42.9 Å². The summed E-state index contributed by atoms with van der Waals surface area (Å²) >= 11 is 0. The molecule has 0 spiro atoms. The van der Waals surface area contributed by atoms with Crippen molar-refractivity contribution in [1.29, 1.82) is 0 Å². The summed E-state index contributed by atoms with van der Waals surface area (Å²) in [7, 11) is 0. The van der Waals surface area contributed by atoms with E-state index in [1.807, 2.05) is 24.3 Å². The van der Waals surface area contributed by atoms with Gasteiger partial charge in [0, 0.05) is 5.41 Å². The second kappa shape index (κ2) is 3.27. The lowest BCUT2D eigenvalue weighted by molar-refractivity contribution is -0.115. The fourth-order valence-electron chi connectivity index (χ4n) is 4.35. The van der Waals surface area contributed by atoms with Crippen molar-refractivity contribution in [2.75, 3.05) is 0 Å². The van der Waals surface area contributed by atoms with Crippen molar-refractivity contribution in [3.63, 3.8) is 0 Å². The molecule has 0 amide bonds. The Labute approximate surface area is 118 Å². The molecule has 102 valence electrons. The largest absolute Gasteiger partial charge is 0.302 e. The minimum Gasteiger partial charge on any atom is -0.302 e. The minimum absolute atomic E-state index is 0.0553. The van der Waals surface area contributed by atoms with Gasteiger partial charge in [-0.3, -0.25) is 0 Å². The van der Waals surface area contributed by atoms with Gasteiger partial charge in [-0.15, -0.1) is 0 Å². The van der Waals surface area contributed by atoms with Crippen LogP contribution in [0.3, 0.4) is 0 Å². The van der Waals surface area contributed by atoms with Gasteiger partial charge in [-0.2, -0.15) is 0 Å². The van der Waals surface area contributed by atoms with E-state index in [0.717, 1.165) is 41.5 Å². The first-order valence-electron chi connectivity index (χ1n) is 7.20. The number of benzene rings is 1. The molecule has 2 aromatic rings. The molecule has 1 heterocycles. The predicted octanol–water partition coefficient (Wildman–Crippen LogP) is 3.16. The first-order chi connectivity index (χ1) is 9.46. The van der Waals surface area contributed by atoms with Crippen LogP contribution in [0.5, 0.6) is 0 Å². The van der Waals surface area contributed by atoms with Crippen LogP contribution in [0.1, 0.15) is 45.0 Å². The monoisotopic (exact) mass is 266 g/mol. The van der Waals surface area contributed by atoms with Crippen LogP contribution in [0.2, 0.25) is 0 Å². The van der Waals surface area contributed by atoms with Crippen molar-refractivity contribution in [3.05, 3.63) is 35.7 Å². The van der Waals surface area contributed by atoms with Crippen LogP contribution in [0, 0.1) is 5.41 Å². The van der Waals surface area contributed by atoms with Crippen molar-refractivity contribution in [3.8, 4) is 0 Å². The average molecular weight is 266 g/mol. The van der Waals surface area contributed by atoms with Gasteiger partial charge in [0.2, 0.25) is 0 Å². The summed E-state index contributed by atoms with van der Waals surface area (Å²) in [6, 6.07) is 7.93. The number of nitrogens with zero attached hydrogens (tertiary/aromatic N) is 2. The van der Waals surface area contributed by atoms with Gasteiger partial charge in [-0.25, -0.2) is 9.97 Å². The molecule has 0 saturated heterocycles. The molecule has 0 radical (unpaired) electrons. The smallest absolute Gasteiger partial charge is 0.132 e. The van der Waals surface area contributed by atoms with Crippen LogP contribution in [0.25, 0.3) is 11.0 Å². The Kier molecular flexibility index (Phi) is 1.97. The standard InChI is InChI=1S/C17H18N2O/c1-15(2)16(3)8-9-17(15,10-20)14-13(16)18-11-6-4-5-7-12(11)19-14/h4-7,10H,8-9H2,1-3H3/t16-,17+/m0/s1. The Hall–Kier alpha value is -1.77. The van der Waals surface area contributed by atoms with Crippen molar-refractivity contribution < 1.29 is 4.79 Å². The summed E-state index contributed by atoms with van der Waals surface area (Å²) in [5.41, 5.74) is 3.14. The van der Waals surface area contributed by atoms with E-state index in [2.05, 4.69) is 20.8 Å². The number of aromatic nitrogens is 2. The van der Waals surface area contributed by atoms with Crippen LogP contribution in [0.4, 0.5) is 0 Å². The molecule has 4 rings (SSSR count).